The van der Waals surface area contributed by atoms with E-state index in [2.05, 4.69) is 21.7 Å². The Labute approximate surface area is 223 Å². The standard InChI is InChI=1S/C31H34N4O3/c1-21(33-19-29(37)28-12-13-30(32)34-18-28)14-23-4-2-7-27(15-23)31(38)35-17-24-5-3-6-26(16-24)25-10-8-22(20-36)9-11-25/h2-13,15-16,18,21,29,33,36-37H,14,17,19-20H2,1H3,(H2,32,34)(H,35,38)/t21-,29+/m1/s1. The van der Waals surface area contributed by atoms with Crippen LogP contribution in [0.25, 0.3) is 11.1 Å². The molecule has 0 saturated heterocycles. The second kappa shape index (κ2) is 13.0. The van der Waals surface area contributed by atoms with Gasteiger partial charge in [0.25, 0.3) is 5.91 Å². The largest absolute Gasteiger partial charge is 0.392 e. The molecule has 2 atom stereocenters. The van der Waals surface area contributed by atoms with Gasteiger partial charge in [-0.2, -0.15) is 0 Å². The molecule has 4 rings (SSSR count). The maximum Gasteiger partial charge on any atom is 0.251 e. The van der Waals surface area contributed by atoms with Crippen LogP contribution in [-0.2, 0) is 19.6 Å². The molecule has 1 aromatic heterocycles. The van der Waals surface area contributed by atoms with Crippen molar-refractivity contribution in [3.05, 3.63) is 119 Å². The van der Waals surface area contributed by atoms with Gasteiger partial charge in [-0.3, -0.25) is 4.79 Å². The summed E-state index contributed by atoms with van der Waals surface area (Å²) in [6.07, 6.45) is 1.62. The van der Waals surface area contributed by atoms with Gasteiger partial charge in [-0.25, -0.2) is 4.98 Å². The molecule has 0 radical (unpaired) electrons. The van der Waals surface area contributed by atoms with Gasteiger partial charge in [-0.05, 0) is 65.4 Å². The fourth-order valence-electron chi connectivity index (χ4n) is 4.26. The zero-order chi connectivity index (χ0) is 26.9. The lowest BCUT2D eigenvalue weighted by atomic mass is 10.0. The number of aliphatic hydroxyl groups is 2. The number of rotatable bonds is 11. The van der Waals surface area contributed by atoms with Crippen LogP contribution in [0.2, 0.25) is 0 Å². The van der Waals surface area contributed by atoms with Crippen molar-refractivity contribution in [3.8, 4) is 11.1 Å². The third-order valence-corrected chi connectivity index (χ3v) is 6.43. The third-order valence-electron chi connectivity index (χ3n) is 6.43. The van der Waals surface area contributed by atoms with Gasteiger partial charge in [-0.15, -0.1) is 0 Å². The van der Waals surface area contributed by atoms with Gasteiger partial charge in [0.1, 0.15) is 5.82 Å². The van der Waals surface area contributed by atoms with Crippen LogP contribution in [-0.4, -0.2) is 33.7 Å². The first kappa shape index (κ1) is 27.0. The molecule has 0 fully saturated rings. The summed E-state index contributed by atoms with van der Waals surface area (Å²) >= 11 is 0. The highest BCUT2D eigenvalue weighted by Crippen LogP contribution is 2.21. The highest BCUT2D eigenvalue weighted by Gasteiger charge is 2.12. The molecule has 0 aliphatic heterocycles. The summed E-state index contributed by atoms with van der Waals surface area (Å²) < 4.78 is 0. The van der Waals surface area contributed by atoms with E-state index in [-0.39, 0.29) is 18.6 Å². The van der Waals surface area contributed by atoms with Crippen molar-refractivity contribution in [2.24, 2.45) is 0 Å². The Bertz CT molecular complexity index is 1340. The lowest BCUT2D eigenvalue weighted by Crippen LogP contribution is -2.32. The average Bonchev–Trinajstić information content (AvgIpc) is 2.95. The maximum atomic E-state index is 12.9. The fraction of sp³-hybridized carbons (Fsp3) is 0.226. The zero-order valence-corrected chi connectivity index (χ0v) is 21.5. The minimum absolute atomic E-state index is 0.0224. The van der Waals surface area contributed by atoms with Crippen molar-refractivity contribution in [3.63, 3.8) is 0 Å². The lowest BCUT2D eigenvalue weighted by Gasteiger charge is -2.18. The smallest absolute Gasteiger partial charge is 0.251 e. The molecule has 7 heteroatoms. The first-order chi connectivity index (χ1) is 18.4. The van der Waals surface area contributed by atoms with Crippen molar-refractivity contribution < 1.29 is 15.0 Å². The summed E-state index contributed by atoms with van der Waals surface area (Å²) in [6.45, 7) is 2.87. The van der Waals surface area contributed by atoms with E-state index >= 15 is 0 Å². The highest BCUT2D eigenvalue weighted by atomic mass is 16.3. The summed E-state index contributed by atoms with van der Waals surface area (Å²) in [4.78, 5) is 16.9. The van der Waals surface area contributed by atoms with Crippen molar-refractivity contribution in [2.45, 2.75) is 38.6 Å². The van der Waals surface area contributed by atoms with E-state index in [9.17, 15) is 15.0 Å². The first-order valence-corrected chi connectivity index (χ1v) is 12.7. The molecule has 3 aromatic carbocycles. The number of aromatic nitrogens is 1. The number of nitrogens with zero attached hydrogens (tertiary/aromatic N) is 1. The van der Waals surface area contributed by atoms with E-state index in [0.717, 1.165) is 27.8 Å². The fourth-order valence-corrected chi connectivity index (χ4v) is 4.26. The molecule has 0 aliphatic carbocycles. The molecular formula is C31H34N4O3. The minimum atomic E-state index is -0.680. The van der Waals surface area contributed by atoms with Crippen LogP contribution < -0.4 is 16.4 Å². The number of amides is 1. The van der Waals surface area contributed by atoms with Crippen molar-refractivity contribution >= 4 is 11.7 Å². The number of nitrogens with one attached hydrogen (secondary N) is 2. The molecule has 38 heavy (non-hydrogen) atoms. The zero-order valence-electron chi connectivity index (χ0n) is 21.5. The minimum Gasteiger partial charge on any atom is -0.392 e. The van der Waals surface area contributed by atoms with Crippen LogP contribution in [0, 0.1) is 0 Å². The van der Waals surface area contributed by atoms with Crippen LogP contribution >= 0.6 is 0 Å². The average molecular weight is 511 g/mol. The number of anilines is 1. The van der Waals surface area contributed by atoms with Crippen LogP contribution in [0.4, 0.5) is 5.82 Å². The van der Waals surface area contributed by atoms with Crippen LogP contribution in [0.1, 0.15) is 45.6 Å². The number of hydrogen-bond acceptors (Lipinski definition) is 6. The van der Waals surface area contributed by atoms with Crippen LogP contribution in [0.15, 0.2) is 91.1 Å². The predicted octanol–water partition coefficient (Wildman–Crippen LogP) is 4.01. The highest BCUT2D eigenvalue weighted by molar-refractivity contribution is 5.94. The van der Waals surface area contributed by atoms with E-state index in [4.69, 9.17) is 5.73 Å². The van der Waals surface area contributed by atoms with Gasteiger partial charge in [0.15, 0.2) is 0 Å². The Morgan fingerprint density at radius 3 is 2.42 bits per heavy atom. The van der Waals surface area contributed by atoms with Gasteiger partial charge in [0.05, 0.1) is 12.7 Å². The predicted molar refractivity (Wildman–Crippen MR) is 150 cm³/mol. The summed E-state index contributed by atoms with van der Waals surface area (Å²) in [5, 5.41) is 26.0. The van der Waals surface area contributed by atoms with Crippen molar-refractivity contribution in [1.82, 2.24) is 15.6 Å². The molecule has 0 aliphatic rings. The third kappa shape index (κ3) is 7.49. The Hall–Kier alpha value is -4.04. The molecule has 0 saturated carbocycles. The molecule has 6 N–H and O–H groups in total. The molecular weight excluding hydrogens is 476 g/mol. The Morgan fingerprint density at radius 2 is 1.68 bits per heavy atom. The van der Waals surface area contributed by atoms with Gasteiger partial charge >= 0.3 is 0 Å². The second-order valence-electron chi connectivity index (χ2n) is 9.48. The molecule has 4 aromatic rings. The molecule has 1 heterocycles. The second-order valence-corrected chi connectivity index (χ2v) is 9.48. The summed E-state index contributed by atoms with van der Waals surface area (Å²) in [7, 11) is 0. The summed E-state index contributed by atoms with van der Waals surface area (Å²) in [5.41, 5.74) is 12.0. The van der Waals surface area contributed by atoms with Crippen molar-refractivity contribution in [2.75, 3.05) is 12.3 Å². The SMILES string of the molecule is C[C@H](Cc1cccc(C(=O)NCc2cccc(-c3ccc(CO)cc3)c2)c1)NC[C@H](O)c1ccc(N)nc1. The normalized spacial score (nSPS) is 12.6. The van der Waals surface area contributed by atoms with E-state index in [1.807, 2.05) is 73.7 Å². The molecule has 7 nitrogen and oxygen atoms in total. The molecule has 0 unspecified atom stereocenters. The van der Waals surface area contributed by atoms with E-state index in [1.165, 1.54) is 0 Å². The number of benzene rings is 3. The number of hydrogen-bond donors (Lipinski definition) is 5. The number of aliphatic hydroxyl groups excluding tert-OH is 2. The topological polar surface area (TPSA) is 120 Å². The molecule has 0 bridgehead atoms. The van der Waals surface area contributed by atoms with Gasteiger partial charge in [-0.1, -0.05) is 60.7 Å². The number of carbonyl (C=O) groups is 1. The Kier molecular flexibility index (Phi) is 9.21. The van der Waals surface area contributed by atoms with E-state index < -0.39 is 6.10 Å². The van der Waals surface area contributed by atoms with Gasteiger partial charge in [0.2, 0.25) is 0 Å². The van der Waals surface area contributed by atoms with E-state index in [1.54, 1.807) is 18.3 Å². The molecule has 0 spiro atoms. The number of nitrogens with two attached hydrogens (primary N) is 1. The Morgan fingerprint density at radius 1 is 0.921 bits per heavy atom. The van der Waals surface area contributed by atoms with Crippen LogP contribution in [0.5, 0.6) is 0 Å². The number of carbonyl (C=O) groups excluding carboxylic acids is 1. The van der Waals surface area contributed by atoms with E-state index in [0.29, 0.717) is 36.5 Å². The number of nitrogen functional groups attached to an aromatic ring is 1. The maximum absolute atomic E-state index is 12.9. The monoisotopic (exact) mass is 510 g/mol. The lowest BCUT2D eigenvalue weighted by molar-refractivity contribution is 0.0950. The van der Waals surface area contributed by atoms with Crippen LogP contribution in [0.3, 0.4) is 0 Å². The van der Waals surface area contributed by atoms with Gasteiger partial charge < -0.3 is 26.6 Å². The van der Waals surface area contributed by atoms with Gasteiger partial charge in [0, 0.05) is 36.5 Å². The quantitative estimate of drug-likeness (QED) is 0.208. The molecule has 1 amide bonds. The number of pyridine rings is 1. The summed E-state index contributed by atoms with van der Waals surface area (Å²) in [6, 6.07) is 27.0. The first-order valence-electron chi connectivity index (χ1n) is 12.7. The Balaban J connectivity index is 1.30. The molecule has 196 valence electrons. The van der Waals surface area contributed by atoms with Crippen molar-refractivity contribution in [1.29, 1.82) is 0 Å². The summed E-state index contributed by atoms with van der Waals surface area (Å²) in [5.74, 6) is 0.293.